The summed E-state index contributed by atoms with van der Waals surface area (Å²) in [5.41, 5.74) is 5.85. The molecule has 0 bridgehead atoms. The molecule has 0 aromatic heterocycles. The molecule has 2 aromatic rings. The number of carbonyl (C=O) groups excluding carboxylic acids is 1. The molecule has 1 saturated heterocycles. The van der Waals surface area contributed by atoms with Crippen LogP contribution in [0.3, 0.4) is 0 Å². The zero-order chi connectivity index (χ0) is 17.2. The maximum atomic E-state index is 12.5. The molecule has 0 aliphatic carbocycles. The van der Waals surface area contributed by atoms with E-state index in [0.717, 1.165) is 37.4 Å². The lowest BCUT2D eigenvalue weighted by Gasteiger charge is -2.36. The van der Waals surface area contributed by atoms with Gasteiger partial charge in [0, 0.05) is 44.0 Å². The zero-order valence-electron chi connectivity index (χ0n) is 15.0. The number of carbonyl (C=O) groups is 1. The van der Waals surface area contributed by atoms with E-state index in [1.54, 1.807) is 0 Å². The van der Waals surface area contributed by atoms with E-state index in [1.165, 1.54) is 16.8 Å². The topological polar surface area (TPSA) is 47.6 Å². The van der Waals surface area contributed by atoms with Gasteiger partial charge in [0.15, 0.2) is 0 Å². The second kappa shape index (κ2) is 7.98. The summed E-state index contributed by atoms with van der Waals surface area (Å²) in [6.45, 7) is 7.27. The second-order valence-electron chi connectivity index (χ2n) is 6.75. The first kappa shape index (κ1) is 18.5. The van der Waals surface area contributed by atoms with E-state index in [0.29, 0.717) is 13.1 Å². The molecule has 0 radical (unpaired) electrons. The molecular weight excluding hydrogens is 348 g/mol. The molecule has 5 nitrogen and oxygen atoms in total. The van der Waals surface area contributed by atoms with E-state index in [4.69, 9.17) is 0 Å². The van der Waals surface area contributed by atoms with Crippen LogP contribution in [0.1, 0.15) is 16.7 Å². The van der Waals surface area contributed by atoms with Crippen molar-refractivity contribution in [1.82, 2.24) is 10.6 Å². The Morgan fingerprint density at radius 1 is 1.04 bits per heavy atom. The number of aryl methyl sites for hydroxylation is 1. The Balaban J connectivity index is 0.00000196. The Morgan fingerprint density at radius 2 is 1.77 bits per heavy atom. The minimum atomic E-state index is -0.0218. The molecule has 26 heavy (non-hydrogen) atoms. The SMILES string of the molecule is Cc1cccc(CN2C(=O)NCc3c(N4CCNCC4)cccc32)c1.Cl. The molecule has 0 spiro atoms. The molecule has 2 aliphatic rings. The number of hydrogen-bond donors (Lipinski definition) is 2. The van der Waals surface area contributed by atoms with E-state index in [9.17, 15) is 4.79 Å². The normalized spacial score (nSPS) is 16.6. The Bertz CT molecular complexity index is 789. The van der Waals surface area contributed by atoms with Crippen molar-refractivity contribution in [2.45, 2.75) is 20.0 Å². The summed E-state index contributed by atoms with van der Waals surface area (Å²) in [5.74, 6) is 0. The monoisotopic (exact) mass is 372 g/mol. The largest absolute Gasteiger partial charge is 0.369 e. The van der Waals surface area contributed by atoms with Crippen LogP contribution < -0.4 is 20.4 Å². The summed E-state index contributed by atoms with van der Waals surface area (Å²) >= 11 is 0. The second-order valence-corrected chi connectivity index (χ2v) is 6.75. The highest BCUT2D eigenvalue weighted by molar-refractivity contribution is 5.96. The quantitative estimate of drug-likeness (QED) is 0.870. The zero-order valence-corrected chi connectivity index (χ0v) is 15.8. The van der Waals surface area contributed by atoms with Gasteiger partial charge in [-0.1, -0.05) is 35.9 Å². The van der Waals surface area contributed by atoms with Crippen LogP contribution in [0.2, 0.25) is 0 Å². The minimum absolute atomic E-state index is 0. The average molecular weight is 373 g/mol. The smallest absolute Gasteiger partial charge is 0.322 e. The van der Waals surface area contributed by atoms with E-state index < -0.39 is 0 Å². The number of nitrogens with zero attached hydrogens (tertiary/aromatic N) is 2. The molecule has 6 heteroatoms. The molecule has 0 saturated carbocycles. The van der Waals surface area contributed by atoms with Crippen molar-refractivity contribution in [3.63, 3.8) is 0 Å². The van der Waals surface area contributed by atoms with Crippen molar-refractivity contribution in [1.29, 1.82) is 0 Å². The van der Waals surface area contributed by atoms with Gasteiger partial charge in [-0.3, -0.25) is 4.90 Å². The fourth-order valence-corrected chi connectivity index (χ4v) is 3.72. The molecular formula is C20H25ClN4O. The molecule has 4 rings (SSSR count). The Morgan fingerprint density at radius 3 is 2.54 bits per heavy atom. The maximum absolute atomic E-state index is 12.5. The van der Waals surface area contributed by atoms with Gasteiger partial charge in [-0.2, -0.15) is 0 Å². The van der Waals surface area contributed by atoms with Crippen LogP contribution in [0, 0.1) is 6.92 Å². The van der Waals surface area contributed by atoms with Gasteiger partial charge in [0.2, 0.25) is 0 Å². The van der Waals surface area contributed by atoms with Gasteiger partial charge >= 0.3 is 6.03 Å². The van der Waals surface area contributed by atoms with Gasteiger partial charge in [0.25, 0.3) is 0 Å². The highest BCUT2D eigenvalue weighted by atomic mass is 35.5. The van der Waals surface area contributed by atoms with Gasteiger partial charge in [-0.05, 0) is 24.6 Å². The van der Waals surface area contributed by atoms with Crippen LogP contribution in [-0.2, 0) is 13.1 Å². The fraction of sp³-hybridized carbons (Fsp3) is 0.350. The van der Waals surface area contributed by atoms with E-state index in [-0.39, 0.29) is 18.4 Å². The Hall–Kier alpha value is -2.24. The third kappa shape index (κ3) is 3.64. The standard InChI is InChI=1S/C20H24N4O.ClH/c1-15-4-2-5-16(12-15)14-24-19-7-3-6-18(17(19)13-22-20(24)25)23-10-8-21-9-11-23;/h2-7,12,21H,8-11,13-14H2,1H3,(H,22,25);1H. The van der Waals surface area contributed by atoms with Gasteiger partial charge < -0.3 is 15.5 Å². The molecule has 0 unspecified atom stereocenters. The van der Waals surface area contributed by atoms with Crippen LogP contribution in [-0.4, -0.2) is 32.2 Å². The lowest BCUT2D eigenvalue weighted by molar-refractivity contribution is 0.244. The third-order valence-corrected chi connectivity index (χ3v) is 4.96. The number of amides is 2. The van der Waals surface area contributed by atoms with Crippen molar-refractivity contribution in [2.24, 2.45) is 0 Å². The van der Waals surface area contributed by atoms with Crippen molar-refractivity contribution in [3.8, 4) is 0 Å². The molecule has 2 amide bonds. The number of nitrogens with one attached hydrogen (secondary N) is 2. The van der Waals surface area contributed by atoms with Crippen molar-refractivity contribution < 1.29 is 4.79 Å². The van der Waals surface area contributed by atoms with E-state index in [2.05, 4.69) is 58.9 Å². The summed E-state index contributed by atoms with van der Waals surface area (Å²) in [7, 11) is 0. The van der Waals surface area contributed by atoms with Gasteiger partial charge in [0.1, 0.15) is 0 Å². The van der Waals surface area contributed by atoms with Gasteiger partial charge in [0.05, 0.1) is 12.2 Å². The number of anilines is 2. The highest BCUT2D eigenvalue weighted by Gasteiger charge is 2.27. The fourth-order valence-electron chi connectivity index (χ4n) is 3.72. The Labute approximate surface area is 160 Å². The van der Waals surface area contributed by atoms with Gasteiger partial charge in [-0.25, -0.2) is 4.79 Å². The van der Waals surface area contributed by atoms with E-state index in [1.807, 2.05) is 11.0 Å². The third-order valence-electron chi connectivity index (χ3n) is 4.96. The number of piperazine rings is 1. The first-order valence-electron chi connectivity index (χ1n) is 8.91. The number of benzene rings is 2. The predicted octanol–water partition coefficient (Wildman–Crippen LogP) is 3.06. The number of urea groups is 1. The molecule has 2 aliphatic heterocycles. The summed E-state index contributed by atoms with van der Waals surface area (Å²) in [5, 5.41) is 6.44. The lowest BCUT2D eigenvalue weighted by atomic mass is 10.0. The number of halogens is 1. The predicted molar refractivity (Wildman–Crippen MR) is 108 cm³/mol. The first-order chi connectivity index (χ1) is 12.2. The highest BCUT2D eigenvalue weighted by Crippen LogP contribution is 2.34. The average Bonchev–Trinajstić information content (AvgIpc) is 2.64. The van der Waals surface area contributed by atoms with Crippen LogP contribution in [0.25, 0.3) is 0 Å². The lowest BCUT2D eigenvalue weighted by Crippen LogP contribution is -2.46. The number of hydrogen-bond acceptors (Lipinski definition) is 3. The van der Waals surface area contributed by atoms with E-state index >= 15 is 0 Å². The summed E-state index contributed by atoms with van der Waals surface area (Å²) in [6, 6.07) is 14.6. The van der Waals surface area contributed by atoms with Crippen LogP contribution in [0.4, 0.5) is 16.2 Å². The summed E-state index contributed by atoms with van der Waals surface area (Å²) < 4.78 is 0. The first-order valence-corrected chi connectivity index (χ1v) is 8.91. The molecule has 2 aromatic carbocycles. The number of rotatable bonds is 3. The molecule has 1 fully saturated rings. The van der Waals surface area contributed by atoms with Crippen LogP contribution in [0.5, 0.6) is 0 Å². The van der Waals surface area contributed by atoms with Gasteiger partial charge in [-0.15, -0.1) is 12.4 Å². The molecule has 2 N–H and O–H groups in total. The van der Waals surface area contributed by atoms with Crippen molar-refractivity contribution in [2.75, 3.05) is 36.0 Å². The Kier molecular flexibility index (Phi) is 5.69. The summed E-state index contributed by atoms with van der Waals surface area (Å²) in [4.78, 5) is 16.8. The minimum Gasteiger partial charge on any atom is -0.369 e. The van der Waals surface area contributed by atoms with Crippen molar-refractivity contribution in [3.05, 3.63) is 59.2 Å². The van der Waals surface area contributed by atoms with Crippen molar-refractivity contribution >= 4 is 29.8 Å². The molecule has 0 atom stereocenters. The number of fused-ring (bicyclic) bond motifs is 1. The van der Waals surface area contributed by atoms with Crippen LogP contribution in [0.15, 0.2) is 42.5 Å². The van der Waals surface area contributed by atoms with Crippen LogP contribution >= 0.6 is 12.4 Å². The maximum Gasteiger partial charge on any atom is 0.322 e. The molecule has 2 heterocycles. The summed E-state index contributed by atoms with van der Waals surface area (Å²) in [6.07, 6.45) is 0. The molecule has 138 valence electrons.